The monoisotopic (exact) mass is 465 g/mol. The Morgan fingerprint density at radius 2 is 1.77 bits per heavy atom. The molecule has 2 N–H and O–H groups in total. The molecule has 0 aliphatic carbocycles. The number of benzene rings is 2. The second kappa shape index (κ2) is 9.64. The van der Waals surface area contributed by atoms with Crippen molar-refractivity contribution in [2.24, 2.45) is 0 Å². The fraction of sp³-hybridized carbons (Fsp3) is 0.111. The van der Waals surface area contributed by atoms with Gasteiger partial charge in [0, 0.05) is 24.3 Å². The van der Waals surface area contributed by atoms with Crippen LogP contribution in [-0.2, 0) is 13.1 Å². The van der Waals surface area contributed by atoms with Crippen LogP contribution in [-0.4, -0.2) is 26.6 Å². The standard InChI is InChI=1S/C27H23N5O3/c1-2-32-25-22(17-29-32)21(15-23(31-25)19-7-4-3-5-8-19)26(33)28-16-18-10-12-20(13-11-18)30-27(34)24-9-6-14-35-24/h3-15,17H,2,16H2,1H3,(H,28,33)(H,30,34). The number of amides is 2. The van der Waals surface area contributed by atoms with Gasteiger partial charge in [0.15, 0.2) is 11.4 Å². The van der Waals surface area contributed by atoms with E-state index in [9.17, 15) is 9.59 Å². The molecule has 5 rings (SSSR count). The number of hydrogen-bond acceptors (Lipinski definition) is 5. The molecule has 3 heterocycles. The normalized spacial score (nSPS) is 10.9. The lowest BCUT2D eigenvalue weighted by molar-refractivity contribution is 0.0951. The number of aromatic nitrogens is 3. The van der Waals surface area contributed by atoms with Gasteiger partial charge >= 0.3 is 0 Å². The summed E-state index contributed by atoms with van der Waals surface area (Å²) in [5, 5.41) is 10.9. The number of carbonyl (C=O) groups is 2. The van der Waals surface area contributed by atoms with E-state index in [0.717, 1.165) is 16.8 Å². The molecule has 0 bridgehead atoms. The van der Waals surface area contributed by atoms with Gasteiger partial charge in [0.2, 0.25) is 0 Å². The first-order valence-electron chi connectivity index (χ1n) is 11.3. The van der Waals surface area contributed by atoms with Gasteiger partial charge in [0.1, 0.15) is 0 Å². The van der Waals surface area contributed by atoms with Crippen molar-refractivity contribution in [1.82, 2.24) is 20.1 Å². The van der Waals surface area contributed by atoms with E-state index in [1.165, 1.54) is 6.26 Å². The van der Waals surface area contributed by atoms with E-state index in [0.29, 0.717) is 35.4 Å². The lowest BCUT2D eigenvalue weighted by Gasteiger charge is -2.10. The molecular formula is C27H23N5O3. The van der Waals surface area contributed by atoms with E-state index in [1.54, 1.807) is 35.1 Å². The maximum Gasteiger partial charge on any atom is 0.291 e. The van der Waals surface area contributed by atoms with E-state index >= 15 is 0 Å². The first kappa shape index (κ1) is 22.1. The van der Waals surface area contributed by atoms with Crippen molar-refractivity contribution in [1.29, 1.82) is 0 Å². The number of pyridine rings is 1. The highest BCUT2D eigenvalue weighted by molar-refractivity contribution is 6.06. The quantitative estimate of drug-likeness (QED) is 0.356. The van der Waals surface area contributed by atoms with E-state index in [1.807, 2.05) is 55.5 Å². The third-order valence-corrected chi connectivity index (χ3v) is 5.63. The lowest BCUT2D eigenvalue weighted by atomic mass is 10.1. The molecule has 0 radical (unpaired) electrons. The number of hydrogen-bond donors (Lipinski definition) is 2. The highest BCUT2D eigenvalue weighted by Crippen LogP contribution is 2.25. The minimum Gasteiger partial charge on any atom is -0.459 e. The fourth-order valence-corrected chi connectivity index (χ4v) is 3.81. The SMILES string of the molecule is CCn1ncc2c(C(=O)NCc3ccc(NC(=O)c4ccco4)cc3)cc(-c3ccccc3)nc21. The van der Waals surface area contributed by atoms with Crippen LogP contribution in [0, 0.1) is 0 Å². The zero-order chi connectivity index (χ0) is 24.2. The summed E-state index contributed by atoms with van der Waals surface area (Å²) in [6.07, 6.45) is 3.14. The van der Waals surface area contributed by atoms with Crippen molar-refractivity contribution in [3.8, 4) is 11.3 Å². The molecular weight excluding hydrogens is 442 g/mol. The Bertz CT molecular complexity index is 1470. The zero-order valence-corrected chi connectivity index (χ0v) is 19.1. The summed E-state index contributed by atoms with van der Waals surface area (Å²) in [6.45, 7) is 2.97. The molecule has 174 valence electrons. The van der Waals surface area contributed by atoms with Crippen LogP contribution in [0.4, 0.5) is 5.69 Å². The summed E-state index contributed by atoms with van der Waals surface area (Å²) < 4.78 is 6.89. The summed E-state index contributed by atoms with van der Waals surface area (Å²) in [5.74, 6) is -0.286. The van der Waals surface area contributed by atoms with Crippen LogP contribution in [0.3, 0.4) is 0 Å². The Morgan fingerprint density at radius 3 is 2.49 bits per heavy atom. The Balaban J connectivity index is 1.33. The van der Waals surface area contributed by atoms with Gasteiger partial charge in [-0.1, -0.05) is 42.5 Å². The number of anilines is 1. The number of aryl methyl sites for hydroxylation is 1. The van der Waals surface area contributed by atoms with Gasteiger partial charge in [-0.05, 0) is 42.8 Å². The van der Waals surface area contributed by atoms with Crippen LogP contribution in [0.1, 0.15) is 33.4 Å². The summed E-state index contributed by atoms with van der Waals surface area (Å²) >= 11 is 0. The van der Waals surface area contributed by atoms with Gasteiger partial charge in [-0.15, -0.1) is 0 Å². The number of fused-ring (bicyclic) bond motifs is 1. The second-order valence-corrected chi connectivity index (χ2v) is 7.93. The molecule has 0 atom stereocenters. The Morgan fingerprint density at radius 1 is 0.971 bits per heavy atom. The van der Waals surface area contributed by atoms with Crippen LogP contribution in [0.25, 0.3) is 22.3 Å². The van der Waals surface area contributed by atoms with Gasteiger partial charge in [-0.25, -0.2) is 9.67 Å². The van der Waals surface area contributed by atoms with Crippen LogP contribution in [0.15, 0.2) is 89.7 Å². The largest absolute Gasteiger partial charge is 0.459 e. The molecule has 0 saturated heterocycles. The van der Waals surface area contributed by atoms with Crippen molar-refractivity contribution in [3.05, 3.63) is 102 Å². The third-order valence-electron chi connectivity index (χ3n) is 5.63. The van der Waals surface area contributed by atoms with E-state index < -0.39 is 0 Å². The third kappa shape index (κ3) is 4.67. The van der Waals surface area contributed by atoms with Crippen molar-refractivity contribution >= 4 is 28.5 Å². The molecule has 0 unspecified atom stereocenters. The van der Waals surface area contributed by atoms with Gasteiger partial charge in [-0.3, -0.25) is 9.59 Å². The lowest BCUT2D eigenvalue weighted by Crippen LogP contribution is -2.23. The molecule has 0 spiro atoms. The van der Waals surface area contributed by atoms with Gasteiger partial charge in [0.25, 0.3) is 11.8 Å². The number of nitrogens with zero attached hydrogens (tertiary/aromatic N) is 3. The average Bonchev–Trinajstić information content (AvgIpc) is 3.58. The summed E-state index contributed by atoms with van der Waals surface area (Å²) in [4.78, 5) is 30.1. The maximum atomic E-state index is 13.2. The molecule has 3 aromatic heterocycles. The van der Waals surface area contributed by atoms with Gasteiger partial charge < -0.3 is 15.1 Å². The predicted molar refractivity (Wildman–Crippen MR) is 133 cm³/mol. The van der Waals surface area contributed by atoms with Crippen molar-refractivity contribution in [2.75, 3.05) is 5.32 Å². The van der Waals surface area contributed by atoms with Crippen LogP contribution in [0.2, 0.25) is 0 Å². The first-order chi connectivity index (χ1) is 17.1. The highest BCUT2D eigenvalue weighted by atomic mass is 16.3. The Hall–Kier alpha value is -4.72. The minimum absolute atomic E-state index is 0.208. The van der Waals surface area contributed by atoms with Crippen molar-refractivity contribution in [3.63, 3.8) is 0 Å². The van der Waals surface area contributed by atoms with Gasteiger partial charge in [-0.2, -0.15) is 5.10 Å². The number of carbonyl (C=O) groups excluding carboxylic acids is 2. The molecule has 0 fully saturated rings. The molecule has 8 heteroatoms. The number of furan rings is 1. The van der Waals surface area contributed by atoms with Crippen LogP contribution in [0.5, 0.6) is 0 Å². The van der Waals surface area contributed by atoms with E-state index in [2.05, 4.69) is 15.7 Å². The molecule has 8 nitrogen and oxygen atoms in total. The highest BCUT2D eigenvalue weighted by Gasteiger charge is 2.17. The molecule has 0 aliphatic rings. The second-order valence-electron chi connectivity index (χ2n) is 7.93. The average molecular weight is 466 g/mol. The summed E-state index contributed by atoms with van der Waals surface area (Å²) in [7, 11) is 0. The summed E-state index contributed by atoms with van der Waals surface area (Å²) in [5.41, 5.74) is 4.38. The molecule has 2 amide bonds. The van der Waals surface area contributed by atoms with E-state index in [4.69, 9.17) is 9.40 Å². The smallest absolute Gasteiger partial charge is 0.291 e. The first-order valence-corrected chi connectivity index (χ1v) is 11.3. The van der Waals surface area contributed by atoms with Crippen molar-refractivity contribution in [2.45, 2.75) is 20.0 Å². The van der Waals surface area contributed by atoms with Crippen LogP contribution >= 0.6 is 0 Å². The molecule has 2 aromatic carbocycles. The number of rotatable bonds is 7. The fourth-order valence-electron chi connectivity index (χ4n) is 3.81. The molecule has 5 aromatic rings. The molecule has 35 heavy (non-hydrogen) atoms. The topological polar surface area (TPSA) is 102 Å². The Labute approximate surface area is 201 Å². The number of nitrogens with one attached hydrogen (secondary N) is 2. The zero-order valence-electron chi connectivity index (χ0n) is 19.1. The van der Waals surface area contributed by atoms with E-state index in [-0.39, 0.29) is 17.6 Å². The van der Waals surface area contributed by atoms with Gasteiger partial charge in [0.05, 0.1) is 29.1 Å². The predicted octanol–water partition coefficient (Wildman–Crippen LogP) is 4.89. The van der Waals surface area contributed by atoms with Crippen LogP contribution < -0.4 is 10.6 Å². The maximum absolute atomic E-state index is 13.2. The molecule has 0 aliphatic heterocycles. The minimum atomic E-state index is -0.320. The Kier molecular flexibility index (Phi) is 6.09. The molecule has 0 saturated carbocycles. The summed E-state index contributed by atoms with van der Waals surface area (Å²) in [6, 6.07) is 22.1. The van der Waals surface area contributed by atoms with Crippen molar-refractivity contribution < 1.29 is 14.0 Å².